The third-order valence-corrected chi connectivity index (χ3v) is 6.78. The Labute approximate surface area is 217 Å². The average Bonchev–Trinajstić information content (AvgIpc) is 2.90. The van der Waals surface area contributed by atoms with Crippen LogP contribution >= 0.6 is 0 Å². The largest absolute Gasteiger partial charge is 0.503 e. The molecule has 3 aromatic carbocycles. The molecule has 0 unspecified atom stereocenters. The van der Waals surface area contributed by atoms with Crippen LogP contribution < -0.4 is 5.56 Å². The molecule has 0 aliphatic rings. The molecule has 2 aromatic heterocycles. The van der Waals surface area contributed by atoms with Crippen molar-refractivity contribution >= 4 is 10.8 Å². The van der Waals surface area contributed by atoms with Crippen LogP contribution in [0, 0.1) is 5.92 Å². The molecule has 37 heavy (non-hydrogen) atoms. The minimum Gasteiger partial charge on any atom is -0.503 e. The molecule has 1 N–H and O–H groups in total. The first-order valence-electron chi connectivity index (χ1n) is 12.9. The molecule has 4 heteroatoms. The third-order valence-electron chi connectivity index (χ3n) is 6.78. The van der Waals surface area contributed by atoms with Crippen LogP contribution in [0.3, 0.4) is 0 Å². The van der Waals surface area contributed by atoms with Crippen LogP contribution in [0.25, 0.3) is 22.0 Å². The van der Waals surface area contributed by atoms with Crippen LogP contribution in [0.5, 0.6) is 5.75 Å². The van der Waals surface area contributed by atoms with E-state index in [4.69, 9.17) is 0 Å². The van der Waals surface area contributed by atoms with Gasteiger partial charge in [0.1, 0.15) is 0 Å². The number of aromatic nitrogens is 2. The van der Waals surface area contributed by atoms with Gasteiger partial charge < -0.3 is 9.67 Å². The van der Waals surface area contributed by atoms with E-state index in [1.54, 1.807) is 10.6 Å². The van der Waals surface area contributed by atoms with Crippen molar-refractivity contribution in [3.8, 4) is 17.0 Å². The van der Waals surface area contributed by atoms with E-state index in [1.165, 1.54) is 21.9 Å². The van der Waals surface area contributed by atoms with Crippen molar-refractivity contribution in [3.05, 3.63) is 130 Å². The molecule has 0 aliphatic carbocycles. The van der Waals surface area contributed by atoms with Crippen molar-refractivity contribution in [2.24, 2.45) is 5.92 Å². The quantitative estimate of drug-likeness (QED) is 0.261. The maximum Gasteiger partial charge on any atom is 0.293 e. The molecule has 0 fully saturated rings. The van der Waals surface area contributed by atoms with E-state index in [0.29, 0.717) is 25.3 Å². The Morgan fingerprint density at radius 1 is 0.865 bits per heavy atom. The van der Waals surface area contributed by atoms with Crippen molar-refractivity contribution in [1.82, 2.24) is 9.55 Å². The highest BCUT2D eigenvalue weighted by Crippen LogP contribution is 2.29. The van der Waals surface area contributed by atoms with Gasteiger partial charge in [0.2, 0.25) is 0 Å². The molecule has 0 spiro atoms. The fraction of sp³-hybridized carbons (Fsp3) is 0.212. The maximum absolute atomic E-state index is 13.4. The van der Waals surface area contributed by atoms with Crippen LogP contribution in [0.1, 0.15) is 36.2 Å². The van der Waals surface area contributed by atoms with Gasteiger partial charge in [-0.25, -0.2) is 0 Å². The van der Waals surface area contributed by atoms with Gasteiger partial charge in [0, 0.05) is 30.4 Å². The predicted octanol–water partition coefficient (Wildman–Crippen LogP) is 6.80. The first-order chi connectivity index (χ1) is 18.0. The summed E-state index contributed by atoms with van der Waals surface area (Å²) in [5.41, 5.74) is 5.75. The Morgan fingerprint density at radius 3 is 2.43 bits per heavy atom. The minimum atomic E-state index is -0.357. The Balaban J connectivity index is 1.59. The lowest BCUT2D eigenvalue weighted by atomic mass is 9.96. The molecule has 0 aliphatic heterocycles. The molecule has 2 heterocycles. The van der Waals surface area contributed by atoms with Crippen LogP contribution in [0.15, 0.2) is 102 Å². The Bertz CT molecular complexity index is 1580. The summed E-state index contributed by atoms with van der Waals surface area (Å²) in [4.78, 5) is 18.0. The van der Waals surface area contributed by atoms with Crippen molar-refractivity contribution in [3.63, 3.8) is 0 Å². The van der Waals surface area contributed by atoms with Gasteiger partial charge in [-0.15, -0.1) is 0 Å². The van der Waals surface area contributed by atoms with Gasteiger partial charge in [0.25, 0.3) is 5.56 Å². The second-order valence-electron chi connectivity index (χ2n) is 10.0. The van der Waals surface area contributed by atoms with Crippen molar-refractivity contribution in [1.29, 1.82) is 0 Å². The second-order valence-corrected chi connectivity index (χ2v) is 10.0. The molecule has 186 valence electrons. The van der Waals surface area contributed by atoms with E-state index < -0.39 is 0 Å². The van der Waals surface area contributed by atoms with Gasteiger partial charge in [-0.2, -0.15) is 0 Å². The first kappa shape index (κ1) is 24.5. The van der Waals surface area contributed by atoms with Gasteiger partial charge in [-0.3, -0.25) is 9.78 Å². The molecular formula is C33H32N2O2. The van der Waals surface area contributed by atoms with Crippen LogP contribution in [-0.2, 0) is 25.8 Å². The van der Waals surface area contributed by atoms with E-state index in [0.717, 1.165) is 28.9 Å². The standard InChI is InChI=1S/C33H32N2O2/c1-23(2)19-28-22-31(36)33(37)35(18-16-26-13-8-12-25-11-6-7-14-30(25)26)32(28)27-15-17-34-29(21-27)20-24-9-4-3-5-10-24/h3-15,17,21-23,36H,16,18-20H2,1-2H3. The molecule has 0 atom stereocenters. The molecule has 5 rings (SSSR count). The Hall–Kier alpha value is -4.18. The first-order valence-corrected chi connectivity index (χ1v) is 12.9. The van der Waals surface area contributed by atoms with Crippen LogP contribution in [-0.4, -0.2) is 14.7 Å². The molecule has 0 saturated carbocycles. The monoisotopic (exact) mass is 488 g/mol. The Morgan fingerprint density at radius 2 is 1.62 bits per heavy atom. The predicted molar refractivity (Wildman–Crippen MR) is 151 cm³/mol. The summed E-state index contributed by atoms with van der Waals surface area (Å²) in [5.74, 6) is 0.170. The fourth-order valence-corrected chi connectivity index (χ4v) is 5.13. The van der Waals surface area contributed by atoms with Gasteiger partial charge >= 0.3 is 0 Å². The summed E-state index contributed by atoms with van der Waals surface area (Å²) in [5, 5.41) is 13.0. The lowest BCUT2D eigenvalue weighted by Gasteiger charge is -2.20. The molecule has 0 radical (unpaired) electrons. The van der Waals surface area contributed by atoms with Gasteiger partial charge in [-0.1, -0.05) is 86.6 Å². The molecule has 0 amide bonds. The maximum atomic E-state index is 13.4. The number of hydrogen-bond donors (Lipinski definition) is 1. The Kier molecular flexibility index (Phi) is 7.18. The van der Waals surface area contributed by atoms with Gasteiger partial charge in [0.15, 0.2) is 5.75 Å². The molecule has 4 nitrogen and oxygen atoms in total. The van der Waals surface area contributed by atoms with Crippen molar-refractivity contribution < 1.29 is 5.11 Å². The van der Waals surface area contributed by atoms with Crippen LogP contribution in [0.4, 0.5) is 0 Å². The van der Waals surface area contributed by atoms with E-state index in [9.17, 15) is 9.90 Å². The van der Waals surface area contributed by atoms with Gasteiger partial charge in [0.05, 0.1) is 5.69 Å². The summed E-state index contributed by atoms with van der Waals surface area (Å²) < 4.78 is 1.76. The average molecular weight is 489 g/mol. The fourth-order valence-electron chi connectivity index (χ4n) is 5.13. The molecular weight excluding hydrogens is 456 g/mol. The number of pyridine rings is 2. The normalized spacial score (nSPS) is 11.3. The lowest BCUT2D eigenvalue weighted by Crippen LogP contribution is -2.24. The minimum absolute atomic E-state index is 0.198. The summed E-state index contributed by atoms with van der Waals surface area (Å²) >= 11 is 0. The van der Waals surface area contributed by atoms with Crippen molar-refractivity contribution in [2.45, 2.75) is 39.7 Å². The number of aromatic hydroxyl groups is 1. The summed E-state index contributed by atoms with van der Waals surface area (Å²) in [6.07, 6.45) is 3.97. The highest BCUT2D eigenvalue weighted by molar-refractivity contribution is 5.85. The lowest BCUT2D eigenvalue weighted by molar-refractivity contribution is 0.455. The third kappa shape index (κ3) is 5.49. The number of benzene rings is 3. The topological polar surface area (TPSA) is 55.1 Å². The highest BCUT2D eigenvalue weighted by Gasteiger charge is 2.18. The molecule has 0 bridgehead atoms. The smallest absolute Gasteiger partial charge is 0.293 e. The van der Waals surface area contributed by atoms with Gasteiger partial charge in [-0.05, 0) is 64.4 Å². The number of aryl methyl sites for hydroxylation is 1. The summed E-state index contributed by atoms with van der Waals surface area (Å²) in [6.45, 7) is 4.78. The zero-order valence-electron chi connectivity index (χ0n) is 21.4. The SMILES string of the molecule is CC(C)Cc1cc(O)c(=O)n(CCc2cccc3ccccc23)c1-c1ccnc(Cc2ccccc2)c1. The van der Waals surface area contributed by atoms with E-state index in [2.05, 4.69) is 67.4 Å². The van der Waals surface area contributed by atoms with Crippen LogP contribution in [0.2, 0.25) is 0 Å². The van der Waals surface area contributed by atoms with E-state index in [1.807, 2.05) is 42.6 Å². The molecule has 5 aromatic rings. The molecule has 0 saturated heterocycles. The number of rotatable bonds is 8. The number of nitrogens with zero attached hydrogens (tertiary/aromatic N) is 2. The summed E-state index contributed by atoms with van der Waals surface area (Å²) in [6, 6.07) is 30.6. The summed E-state index contributed by atoms with van der Waals surface area (Å²) in [7, 11) is 0. The van der Waals surface area contributed by atoms with Crippen molar-refractivity contribution in [2.75, 3.05) is 0 Å². The number of hydrogen-bond acceptors (Lipinski definition) is 3. The number of fused-ring (bicyclic) bond motifs is 1. The van der Waals surface area contributed by atoms with E-state index >= 15 is 0 Å². The highest BCUT2D eigenvalue weighted by atomic mass is 16.3. The zero-order chi connectivity index (χ0) is 25.8. The van der Waals surface area contributed by atoms with E-state index in [-0.39, 0.29) is 11.3 Å². The second kappa shape index (κ2) is 10.8. The zero-order valence-corrected chi connectivity index (χ0v) is 21.4.